The van der Waals surface area contributed by atoms with E-state index in [9.17, 15) is 0 Å². The maximum atomic E-state index is 5.99. The highest BCUT2D eigenvalue weighted by Gasteiger charge is 2.22. The van der Waals surface area contributed by atoms with E-state index in [1.807, 2.05) is 0 Å². The van der Waals surface area contributed by atoms with Crippen molar-refractivity contribution in [1.29, 1.82) is 0 Å². The largest absolute Gasteiger partial charge is 0.342 e. The molecule has 0 amide bonds. The SMILES string of the molecule is CC(C)n1c(N2CCC(N)CC2)nc2ccccc21. The van der Waals surface area contributed by atoms with Crippen LogP contribution in [0, 0.1) is 0 Å². The summed E-state index contributed by atoms with van der Waals surface area (Å²) in [6, 6.07) is 9.15. The van der Waals surface area contributed by atoms with Gasteiger partial charge in [-0.15, -0.1) is 0 Å². The molecule has 0 saturated carbocycles. The van der Waals surface area contributed by atoms with Gasteiger partial charge in [-0.25, -0.2) is 4.98 Å². The first kappa shape index (κ1) is 12.5. The first-order valence-electron chi connectivity index (χ1n) is 7.14. The lowest BCUT2D eigenvalue weighted by Gasteiger charge is -2.32. The Kier molecular flexibility index (Phi) is 3.19. The molecule has 0 aliphatic carbocycles. The van der Waals surface area contributed by atoms with Gasteiger partial charge in [0.2, 0.25) is 5.95 Å². The summed E-state index contributed by atoms with van der Waals surface area (Å²) in [5.74, 6) is 1.10. The van der Waals surface area contributed by atoms with Crippen LogP contribution < -0.4 is 10.6 Å². The minimum absolute atomic E-state index is 0.355. The Hall–Kier alpha value is -1.55. The van der Waals surface area contributed by atoms with Crippen molar-refractivity contribution in [1.82, 2.24) is 9.55 Å². The van der Waals surface area contributed by atoms with E-state index < -0.39 is 0 Å². The second-order valence-corrected chi connectivity index (χ2v) is 5.69. The lowest BCUT2D eigenvalue weighted by Crippen LogP contribution is -2.41. The van der Waals surface area contributed by atoms with Crippen LogP contribution in [0.5, 0.6) is 0 Å². The number of nitrogens with zero attached hydrogens (tertiary/aromatic N) is 3. The predicted molar refractivity (Wildman–Crippen MR) is 79.5 cm³/mol. The van der Waals surface area contributed by atoms with E-state index in [0.29, 0.717) is 12.1 Å². The first-order valence-corrected chi connectivity index (χ1v) is 7.14. The second kappa shape index (κ2) is 4.85. The Balaban J connectivity index is 2.05. The van der Waals surface area contributed by atoms with Crippen molar-refractivity contribution in [3.05, 3.63) is 24.3 Å². The summed E-state index contributed by atoms with van der Waals surface area (Å²) < 4.78 is 2.34. The van der Waals surface area contributed by atoms with Gasteiger partial charge in [0.1, 0.15) is 0 Å². The van der Waals surface area contributed by atoms with E-state index in [1.165, 1.54) is 5.52 Å². The van der Waals surface area contributed by atoms with Crippen LogP contribution in [-0.4, -0.2) is 28.7 Å². The molecule has 1 aromatic heterocycles. The summed E-state index contributed by atoms with van der Waals surface area (Å²) in [6.07, 6.45) is 2.11. The fourth-order valence-electron chi connectivity index (χ4n) is 2.86. The number of anilines is 1. The van der Waals surface area contributed by atoms with Gasteiger partial charge in [-0.2, -0.15) is 0 Å². The van der Waals surface area contributed by atoms with Crippen LogP contribution in [0.25, 0.3) is 11.0 Å². The van der Waals surface area contributed by atoms with Gasteiger partial charge in [-0.05, 0) is 38.8 Å². The topological polar surface area (TPSA) is 47.1 Å². The van der Waals surface area contributed by atoms with Gasteiger partial charge < -0.3 is 15.2 Å². The number of nitrogens with two attached hydrogens (primary N) is 1. The summed E-state index contributed by atoms with van der Waals surface area (Å²) >= 11 is 0. The lowest BCUT2D eigenvalue weighted by atomic mass is 10.1. The van der Waals surface area contributed by atoms with Crippen LogP contribution in [0.4, 0.5) is 5.95 Å². The zero-order valence-corrected chi connectivity index (χ0v) is 11.7. The average Bonchev–Trinajstić information content (AvgIpc) is 2.78. The zero-order chi connectivity index (χ0) is 13.4. The van der Waals surface area contributed by atoms with Gasteiger partial charge in [-0.3, -0.25) is 0 Å². The van der Waals surface area contributed by atoms with Gasteiger partial charge in [0.05, 0.1) is 11.0 Å². The molecule has 4 heteroatoms. The molecule has 19 heavy (non-hydrogen) atoms. The molecule has 3 rings (SSSR count). The number of para-hydroxylation sites is 2. The summed E-state index contributed by atoms with van der Waals surface area (Å²) in [6.45, 7) is 6.45. The summed E-state index contributed by atoms with van der Waals surface area (Å²) in [5, 5.41) is 0. The molecule has 1 saturated heterocycles. The molecule has 0 spiro atoms. The van der Waals surface area contributed by atoms with Gasteiger partial charge in [0.15, 0.2) is 0 Å². The average molecular weight is 258 g/mol. The second-order valence-electron chi connectivity index (χ2n) is 5.69. The highest BCUT2D eigenvalue weighted by molar-refractivity contribution is 5.79. The number of hydrogen-bond donors (Lipinski definition) is 1. The minimum atomic E-state index is 0.355. The quantitative estimate of drug-likeness (QED) is 0.900. The molecule has 1 aliphatic rings. The summed E-state index contributed by atoms with van der Waals surface area (Å²) in [4.78, 5) is 7.21. The van der Waals surface area contributed by atoms with E-state index >= 15 is 0 Å². The normalized spacial score (nSPS) is 17.6. The third-order valence-electron chi connectivity index (χ3n) is 3.92. The van der Waals surface area contributed by atoms with E-state index in [2.05, 4.69) is 47.6 Å². The number of fused-ring (bicyclic) bond motifs is 1. The Labute approximate surface area is 114 Å². The van der Waals surface area contributed by atoms with E-state index in [0.717, 1.165) is 37.4 Å². The number of aromatic nitrogens is 2. The lowest BCUT2D eigenvalue weighted by molar-refractivity contribution is 0.484. The van der Waals surface area contributed by atoms with Crippen molar-refractivity contribution in [3.8, 4) is 0 Å². The zero-order valence-electron chi connectivity index (χ0n) is 11.7. The van der Waals surface area contributed by atoms with Crippen LogP contribution in [-0.2, 0) is 0 Å². The van der Waals surface area contributed by atoms with Gasteiger partial charge in [0.25, 0.3) is 0 Å². The van der Waals surface area contributed by atoms with Gasteiger partial charge in [-0.1, -0.05) is 12.1 Å². The molecule has 0 radical (unpaired) electrons. The number of rotatable bonds is 2. The Morgan fingerprint density at radius 3 is 2.58 bits per heavy atom. The van der Waals surface area contributed by atoms with Gasteiger partial charge in [0, 0.05) is 25.2 Å². The summed E-state index contributed by atoms with van der Waals surface area (Å²) in [5.41, 5.74) is 8.30. The molecule has 1 aliphatic heterocycles. The highest BCUT2D eigenvalue weighted by atomic mass is 15.3. The molecule has 0 unspecified atom stereocenters. The molecule has 2 aromatic rings. The van der Waals surface area contributed by atoms with Gasteiger partial charge >= 0.3 is 0 Å². The molecular weight excluding hydrogens is 236 g/mol. The Morgan fingerprint density at radius 2 is 1.89 bits per heavy atom. The van der Waals surface area contributed by atoms with Crippen LogP contribution in [0.3, 0.4) is 0 Å². The minimum Gasteiger partial charge on any atom is -0.342 e. The van der Waals surface area contributed by atoms with E-state index in [-0.39, 0.29) is 0 Å². The van der Waals surface area contributed by atoms with Crippen molar-refractivity contribution < 1.29 is 0 Å². The Morgan fingerprint density at radius 1 is 1.21 bits per heavy atom. The molecule has 0 atom stereocenters. The first-order chi connectivity index (χ1) is 9.16. The van der Waals surface area contributed by atoms with Crippen LogP contribution >= 0.6 is 0 Å². The third kappa shape index (κ3) is 2.21. The Bertz CT molecular complexity index is 565. The molecular formula is C15H22N4. The van der Waals surface area contributed by atoms with Crippen molar-refractivity contribution in [2.45, 2.75) is 38.8 Å². The molecule has 102 valence electrons. The molecule has 1 fully saturated rings. The van der Waals surface area contributed by atoms with Crippen LogP contribution in [0.1, 0.15) is 32.7 Å². The molecule has 2 N–H and O–H groups in total. The molecule has 4 nitrogen and oxygen atoms in total. The number of imidazole rings is 1. The van der Waals surface area contributed by atoms with Crippen molar-refractivity contribution >= 4 is 17.0 Å². The number of hydrogen-bond acceptors (Lipinski definition) is 3. The smallest absolute Gasteiger partial charge is 0.206 e. The van der Waals surface area contributed by atoms with Crippen molar-refractivity contribution in [2.75, 3.05) is 18.0 Å². The molecule has 0 bridgehead atoms. The standard InChI is InChI=1S/C15H22N4/c1-11(2)19-14-6-4-3-5-13(14)17-15(19)18-9-7-12(16)8-10-18/h3-6,11-12H,7-10,16H2,1-2H3. The maximum absolute atomic E-state index is 5.99. The highest BCUT2D eigenvalue weighted by Crippen LogP contribution is 2.28. The van der Waals surface area contributed by atoms with Crippen LogP contribution in [0.2, 0.25) is 0 Å². The number of benzene rings is 1. The third-order valence-corrected chi connectivity index (χ3v) is 3.92. The van der Waals surface area contributed by atoms with E-state index in [1.54, 1.807) is 0 Å². The fraction of sp³-hybridized carbons (Fsp3) is 0.533. The van der Waals surface area contributed by atoms with Crippen LogP contribution in [0.15, 0.2) is 24.3 Å². The maximum Gasteiger partial charge on any atom is 0.206 e. The fourth-order valence-corrected chi connectivity index (χ4v) is 2.86. The van der Waals surface area contributed by atoms with Crippen molar-refractivity contribution in [2.24, 2.45) is 5.73 Å². The molecule has 1 aromatic carbocycles. The number of piperidine rings is 1. The van der Waals surface area contributed by atoms with Crippen molar-refractivity contribution in [3.63, 3.8) is 0 Å². The molecule has 2 heterocycles. The van der Waals surface area contributed by atoms with E-state index in [4.69, 9.17) is 10.7 Å². The predicted octanol–water partition coefficient (Wildman–Crippen LogP) is 2.54. The monoisotopic (exact) mass is 258 g/mol. The summed E-state index contributed by atoms with van der Waals surface area (Å²) in [7, 11) is 0.